The lowest BCUT2D eigenvalue weighted by atomic mass is 10.0. The number of carboxylic acid groups (broad SMARTS) is 1. The SMILES string of the molecule is CCN(CC(=O)O)C1CCN(C(C)C(=O)Nc2ccc3c(c2)OCO3)CC1.Cl. The number of carbonyl (C=O) groups is 2. The minimum absolute atomic E-state index is 0. The number of carbonyl (C=O) groups excluding carboxylic acids is 1. The molecule has 2 heterocycles. The molecule has 0 aromatic heterocycles. The molecule has 2 aliphatic heterocycles. The third-order valence-electron chi connectivity index (χ3n) is 5.33. The van der Waals surface area contributed by atoms with Crippen LogP contribution < -0.4 is 14.8 Å². The van der Waals surface area contributed by atoms with Crippen molar-refractivity contribution in [3.63, 3.8) is 0 Å². The zero-order chi connectivity index (χ0) is 19.4. The number of fused-ring (bicyclic) bond motifs is 1. The maximum atomic E-state index is 12.6. The minimum Gasteiger partial charge on any atom is -0.480 e. The Morgan fingerprint density at radius 1 is 1.29 bits per heavy atom. The van der Waals surface area contributed by atoms with Crippen molar-refractivity contribution in [1.82, 2.24) is 9.80 Å². The van der Waals surface area contributed by atoms with Gasteiger partial charge in [-0.15, -0.1) is 12.4 Å². The van der Waals surface area contributed by atoms with Crippen LogP contribution in [-0.2, 0) is 9.59 Å². The molecule has 156 valence electrons. The van der Waals surface area contributed by atoms with Crippen LogP contribution in [0.5, 0.6) is 11.5 Å². The molecule has 1 fully saturated rings. The lowest BCUT2D eigenvalue weighted by Gasteiger charge is -2.39. The van der Waals surface area contributed by atoms with Gasteiger partial charge in [0.2, 0.25) is 12.7 Å². The average Bonchev–Trinajstić information content (AvgIpc) is 3.13. The number of nitrogens with one attached hydrogen (secondary N) is 1. The summed E-state index contributed by atoms with van der Waals surface area (Å²) in [5.74, 6) is 0.463. The first-order valence-electron chi connectivity index (χ1n) is 9.38. The van der Waals surface area contributed by atoms with Gasteiger partial charge in [-0.3, -0.25) is 19.4 Å². The second-order valence-corrected chi connectivity index (χ2v) is 6.96. The van der Waals surface area contributed by atoms with Crippen LogP contribution in [-0.4, -0.2) is 71.8 Å². The molecular formula is C19H28ClN3O5. The smallest absolute Gasteiger partial charge is 0.317 e. The molecule has 9 heteroatoms. The van der Waals surface area contributed by atoms with Gasteiger partial charge < -0.3 is 19.9 Å². The van der Waals surface area contributed by atoms with E-state index in [0.29, 0.717) is 17.2 Å². The summed E-state index contributed by atoms with van der Waals surface area (Å²) in [6.45, 7) is 6.43. The van der Waals surface area contributed by atoms with Crippen molar-refractivity contribution >= 4 is 30.0 Å². The molecule has 0 saturated carbocycles. The maximum absolute atomic E-state index is 12.6. The molecule has 2 N–H and O–H groups in total. The highest BCUT2D eigenvalue weighted by Gasteiger charge is 2.29. The number of benzene rings is 1. The van der Waals surface area contributed by atoms with Crippen molar-refractivity contribution in [1.29, 1.82) is 0 Å². The van der Waals surface area contributed by atoms with Crippen molar-refractivity contribution in [3.05, 3.63) is 18.2 Å². The van der Waals surface area contributed by atoms with Gasteiger partial charge in [-0.1, -0.05) is 6.92 Å². The Labute approximate surface area is 171 Å². The highest BCUT2D eigenvalue weighted by atomic mass is 35.5. The van der Waals surface area contributed by atoms with E-state index in [1.165, 1.54) is 0 Å². The van der Waals surface area contributed by atoms with Gasteiger partial charge in [0.1, 0.15) is 0 Å². The first kappa shape index (κ1) is 22.3. The number of carboxylic acids is 1. The number of ether oxygens (including phenoxy) is 2. The van der Waals surface area contributed by atoms with Crippen LogP contribution >= 0.6 is 12.4 Å². The Bertz CT molecular complexity index is 694. The van der Waals surface area contributed by atoms with Crippen LogP contribution in [0.4, 0.5) is 5.69 Å². The highest BCUT2D eigenvalue weighted by Crippen LogP contribution is 2.34. The molecular weight excluding hydrogens is 386 g/mol. The lowest BCUT2D eigenvalue weighted by molar-refractivity contribution is -0.139. The molecule has 1 saturated heterocycles. The Kier molecular flexibility index (Phi) is 7.91. The van der Waals surface area contributed by atoms with E-state index in [-0.39, 0.29) is 43.7 Å². The van der Waals surface area contributed by atoms with Crippen molar-refractivity contribution in [2.24, 2.45) is 0 Å². The average molecular weight is 414 g/mol. The Hall–Kier alpha value is -2.03. The van der Waals surface area contributed by atoms with Crippen molar-refractivity contribution < 1.29 is 24.2 Å². The molecule has 1 aromatic rings. The van der Waals surface area contributed by atoms with Crippen LogP contribution in [0.1, 0.15) is 26.7 Å². The molecule has 0 radical (unpaired) electrons. The summed E-state index contributed by atoms with van der Waals surface area (Å²) < 4.78 is 10.6. The third kappa shape index (κ3) is 5.27. The van der Waals surface area contributed by atoms with E-state index < -0.39 is 5.97 Å². The summed E-state index contributed by atoms with van der Waals surface area (Å²) in [5.41, 5.74) is 0.685. The maximum Gasteiger partial charge on any atom is 0.317 e. The minimum atomic E-state index is -0.796. The number of aliphatic carboxylic acids is 1. The van der Waals surface area contributed by atoms with Crippen LogP contribution in [0.3, 0.4) is 0 Å². The van der Waals surface area contributed by atoms with Gasteiger partial charge in [-0.05, 0) is 38.4 Å². The second kappa shape index (κ2) is 9.95. The van der Waals surface area contributed by atoms with E-state index in [0.717, 1.165) is 32.5 Å². The number of piperidine rings is 1. The number of likely N-dealkylation sites (N-methyl/N-ethyl adjacent to an activating group) is 1. The Balaban J connectivity index is 0.00000280. The van der Waals surface area contributed by atoms with Gasteiger partial charge in [0.15, 0.2) is 11.5 Å². The zero-order valence-electron chi connectivity index (χ0n) is 16.2. The third-order valence-corrected chi connectivity index (χ3v) is 5.33. The summed E-state index contributed by atoms with van der Waals surface area (Å²) in [6.07, 6.45) is 1.73. The number of hydrogen-bond donors (Lipinski definition) is 2. The van der Waals surface area contributed by atoms with Gasteiger partial charge in [0.25, 0.3) is 0 Å². The van der Waals surface area contributed by atoms with Crippen LogP contribution in [0, 0.1) is 0 Å². The number of rotatable bonds is 7. The second-order valence-electron chi connectivity index (χ2n) is 6.96. The fraction of sp³-hybridized carbons (Fsp3) is 0.579. The number of anilines is 1. The van der Waals surface area contributed by atoms with Crippen molar-refractivity contribution in [3.8, 4) is 11.5 Å². The lowest BCUT2D eigenvalue weighted by Crippen LogP contribution is -2.51. The molecule has 0 spiro atoms. The summed E-state index contributed by atoms with van der Waals surface area (Å²) in [7, 11) is 0. The Morgan fingerprint density at radius 2 is 1.96 bits per heavy atom. The first-order chi connectivity index (χ1) is 13.0. The summed E-state index contributed by atoms with van der Waals surface area (Å²) >= 11 is 0. The fourth-order valence-electron chi connectivity index (χ4n) is 3.70. The predicted octanol–water partition coefficient (Wildman–Crippen LogP) is 2.03. The van der Waals surface area contributed by atoms with Gasteiger partial charge in [0.05, 0.1) is 12.6 Å². The number of amides is 1. The molecule has 1 aromatic carbocycles. The predicted molar refractivity (Wildman–Crippen MR) is 107 cm³/mol. The van der Waals surface area contributed by atoms with E-state index in [4.69, 9.17) is 14.6 Å². The van der Waals surface area contributed by atoms with Crippen LogP contribution in [0.15, 0.2) is 18.2 Å². The molecule has 0 bridgehead atoms. The quantitative estimate of drug-likeness (QED) is 0.706. The molecule has 0 aliphatic carbocycles. The summed E-state index contributed by atoms with van der Waals surface area (Å²) in [6, 6.07) is 5.35. The van der Waals surface area contributed by atoms with E-state index >= 15 is 0 Å². The molecule has 2 aliphatic rings. The molecule has 28 heavy (non-hydrogen) atoms. The molecule has 3 rings (SSSR count). The Morgan fingerprint density at radius 3 is 2.61 bits per heavy atom. The molecule has 1 unspecified atom stereocenters. The first-order valence-corrected chi connectivity index (χ1v) is 9.38. The topological polar surface area (TPSA) is 91.3 Å². The van der Waals surface area contributed by atoms with E-state index in [9.17, 15) is 9.59 Å². The number of halogens is 1. The standard InChI is InChI=1S/C19H27N3O5.ClH/c1-3-21(11-18(23)24)15-6-8-22(9-7-15)13(2)19(25)20-14-4-5-16-17(10-14)27-12-26-16;/h4-5,10,13,15H,3,6-9,11-12H2,1-2H3,(H,20,25)(H,23,24);1H. The normalized spacial score (nSPS) is 17.8. The van der Waals surface area contributed by atoms with Crippen LogP contribution in [0.2, 0.25) is 0 Å². The fourth-order valence-corrected chi connectivity index (χ4v) is 3.70. The largest absolute Gasteiger partial charge is 0.480 e. The van der Waals surface area contributed by atoms with Crippen molar-refractivity contribution in [2.45, 2.75) is 38.8 Å². The van der Waals surface area contributed by atoms with Crippen molar-refractivity contribution in [2.75, 3.05) is 38.3 Å². The summed E-state index contributed by atoms with van der Waals surface area (Å²) in [4.78, 5) is 27.8. The highest BCUT2D eigenvalue weighted by molar-refractivity contribution is 5.94. The monoisotopic (exact) mass is 413 g/mol. The van der Waals surface area contributed by atoms with Gasteiger partial charge in [-0.2, -0.15) is 0 Å². The van der Waals surface area contributed by atoms with Gasteiger partial charge >= 0.3 is 5.97 Å². The zero-order valence-corrected chi connectivity index (χ0v) is 17.0. The van der Waals surface area contributed by atoms with Gasteiger partial charge in [-0.25, -0.2) is 0 Å². The molecule has 1 amide bonds. The van der Waals surface area contributed by atoms with Crippen LogP contribution in [0.25, 0.3) is 0 Å². The molecule has 8 nitrogen and oxygen atoms in total. The number of hydrogen-bond acceptors (Lipinski definition) is 6. The number of likely N-dealkylation sites (tertiary alicyclic amines) is 1. The van der Waals surface area contributed by atoms with E-state index in [1.807, 2.05) is 18.7 Å². The number of nitrogens with zero attached hydrogens (tertiary/aromatic N) is 2. The van der Waals surface area contributed by atoms with Gasteiger partial charge in [0, 0.05) is 30.9 Å². The van der Waals surface area contributed by atoms with E-state index in [2.05, 4.69) is 10.2 Å². The van der Waals surface area contributed by atoms with E-state index in [1.54, 1.807) is 18.2 Å². The summed E-state index contributed by atoms with van der Waals surface area (Å²) in [5, 5.41) is 12.0. The molecule has 1 atom stereocenters.